The zero-order valence-corrected chi connectivity index (χ0v) is 22.5. The number of benzene rings is 3. The summed E-state index contributed by atoms with van der Waals surface area (Å²) in [5.74, 6) is 0.0980. The van der Waals surface area contributed by atoms with Crippen molar-refractivity contribution in [2.24, 2.45) is 5.73 Å². The van der Waals surface area contributed by atoms with Crippen molar-refractivity contribution in [2.75, 3.05) is 13.2 Å². The molecule has 3 aromatic rings. The molecule has 0 fully saturated rings. The highest BCUT2D eigenvalue weighted by Gasteiger charge is 2.21. The number of carbonyl (C=O) groups excluding carboxylic acids is 2. The molecule has 0 aliphatic carbocycles. The minimum Gasteiger partial charge on any atom is -0.485 e. The fourth-order valence-electron chi connectivity index (χ4n) is 4.31. The molecule has 1 atom stereocenters. The molecule has 7 heteroatoms. The first kappa shape index (κ1) is 29.2. The second-order valence-electron chi connectivity index (χ2n) is 9.25. The van der Waals surface area contributed by atoms with Gasteiger partial charge in [0.05, 0.1) is 5.56 Å². The van der Waals surface area contributed by atoms with Gasteiger partial charge in [0.15, 0.2) is 6.29 Å². The van der Waals surface area contributed by atoms with Crippen molar-refractivity contribution in [3.8, 4) is 5.75 Å². The predicted octanol–water partition coefficient (Wildman–Crippen LogP) is 4.64. The van der Waals surface area contributed by atoms with E-state index < -0.39 is 6.04 Å². The molecule has 0 bridgehead atoms. The number of ether oxygens (including phenoxy) is 1. The molecular formula is C32H38N4O3. The largest absolute Gasteiger partial charge is 0.485 e. The Balaban J connectivity index is 1.75. The first-order chi connectivity index (χ1) is 19.0. The van der Waals surface area contributed by atoms with Gasteiger partial charge in [0.1, 0.15) is 24.2 Å². The number of nitrogens with two attached hydrogens (primary N) is 1. The van der Waals surface area contributed by atoms with Gasteiger partial charge in [-0.15, -0.1) is 0 Å². The van der Waals surface area contributed by atoms with Crippen LogP contribution in [-0.2, 0) is 22.4 Å². The number of hydrogen-bond acceptors (Lipinski definition) is 5. The second-order valence-corrected chi connectivity index (χ2v) is 9.25. The van der Waals surface area contributed by atoms with Gasteiger partial charge < -0.3 is 21.1 Å². The molecule has 0 saturated carbocycles. The van der Waals surface area contributed by atoms with Crippen LogP contribution in [-0.4, -0.2) is 37.2 Å². The van der Waals surface area contributed by atoms with E-state index in [9.17, 15) is 9.59 Å². The van der Waals surface area contributed by atoms with Gasteiger partial charge in [-0.3, -0.25) is 15.0 Å². The highest BCUT2D eigenvalue weighted by Crippen LogP contribution is 2.22. The summed E-state index contributed by atoms with van der Waals surface area (Å²) in [6.45, 7) is 2.52. The number of carbonyl (C=O) groups is 2. The average Bonchev–Trinajstić information content (AvgIpc) is 2.96. The third kappa shape index (κ3) is 9.45. The van der Waals surface area contributed by atoms with E-state index in [1.54, 1.807) is 12.1 Å². The number of allylic oxidation sites excluding steroid dienone is 1. The number of rotatable bonds is 16. The molecule has 39 heavy (non-hydrogen) atoms. The van der Waals surface area contributed by atoms with E-state index in [-0.39, 0.29) is 18.3 Å². The fourth-order valence-corrected chi connectivity index (χ4v) is 4.31. The van der Waals surface area contributed by atoms with Crippen LogP contribution in [0.2, 0.25) is 0 Å². The molecule has 0 spiro atoms. The SMILES string of the molecule is CC/C=C(/NC(Cc1ccc(OCC=O)c(C(=N)N)c1)C(=O)NCCCCc1ccccc1)c1ccccc1. The van der Waals surface area contributed by atoms with Gasteiger partial charge in [0.2, 0.25) is 5.91 Å². The Morgan fingerprint density at radius 1 is 1.00 bits per heavy atom. The van der Waals surface area contributed by atoms with Crippen LogP contribution < -0.4 is 21.1 Å². The van der Waals surface area contributed by atoms with Gasteiger partial charge >= 0.3 is 0 Å². The molecule has 0 aromatic heterocycles. The van der Waals surface area contributed by atoms with Crippen LogP contribution in [0, 0.1) is 5.41 Å². The maximum Gasteiger partial charge on any atom is 0.242 e. The van der Waals surface area contributed by atoms with E-state index in [0.717, 1.165) is 42.5 Å². The van der Waals surface area contributed by atoms with Gasteiger partial charge in [0.25, 0.3) is 0 Å². The predicted molar refractivity (Wildman–Crippen MR) is 157 cm³/mol. The van der Waals surface area contributed by atoms with E-state index in [2.05, 4.69) is 35.8 Å². The lowest BCUT2D eigenvalue weighted by Gasteiger charge is -2.23. The summed E-state index contributed by atoms with van der Waals surface area (Å²) in [5.41, 5.74) is 10.2. The summed E-state index contributed by atoms with van der Waals surface area (Å²) in [5, 5.41) is 14.5. The highest BCUT2D eigenvalue weighted by molar-refractivity contribution is 5.98. The monoisotopic (exact) mass is 526 g/mol. The Bertz CT molecular complexity index is 1240. The van der Waals surface area contributed by atoms with Crippen molar-refractivity contribution in [3.63, 3.8) is 0 Å². The Kier molecular flexibility index (Phi) is 11.8. The second kappa shape index (κ2) is 15.8. The Morgan fingerprint density at radius 3 is 2.38 bits per heavy atom. The number of hydrogen-bond donors (Lipinski definition) is 4. The standard InChI is InChI=1S/C32H38N4O3/c1-2-11-28(26-15-7-4-8-16-26)36-29(32(38)35-19-10-9-14-24-12-5-3-6-13-24)23-25-17-18-30(39-21-20-37)27(22-25)31(33)34/h3-8,11-13,15-18,20,22,29,36H,2,9-10,14,19,21,23H2,1H3,(H3,33,34)(H,35,38)/b28-11+. The third-order valence-electron chi connectivity index (χ3n) is 6.25. The molecule has 1 amide bonds. The van der Waals surface area contributed by atoms with E-state index in [0.29, 0.717) is 30.6 Å². The lowest BCUT2D eigenvalue weighted by molar-refractivity contribution is -0.122. The maximum atomic E-state index is 13.4. The number of aryl methyl sites for hydroxylation is 1. The van der Waals surface area contributed by atoms with Crippen LogP contribution in [0.1, 0.15) is 48.4 Å². The summed E-state index contributed by atoms with van der Waals surface area (Å²) in [6.07, 6.45) is 6.74. The van der Waals surface area contributed by atoms with Gasteiger partial charge in [-0.1, -0.05) is 79.7 Å². The quantitative estimate of drug-likeness (QED) is 0.0939. The van der Waals surface area contributed by atoms with Crippen LogP contribution in [0.15, 0.2) is 84.9 Å². The zero-order valence-electron chi connectivity index (χ0n) is 22.5. The summed E-state index contributed by atoms with van der Waals surface area (Å²) in [7, 11) is 0. The van der Waals surface area contributed by atoms with Crippen LogP contribution in [0.25, 0.3) is 5.70 Å². The van der Waals surface area contributed by atoms with Gasteiger partial charge in [-0.05, 0) is 54.5 Å². The highest BCUT2D eigenvalue weighted by atomic mass is 16.5. The minimum absolute atomic E-state index is 0.0988. The molecule has 204 valence electrons. The van der Waals surface area contributed by atoms with Crippen molar-refractivity contribution in [1.82, 2.24) is 10.6 Å². The molecule has 5 N–H and O–H groups in total. The molecule has 3 rings (SSSR count). The molecule has 0 heterocycles. The summed E-state index contributed by atoms with van der Waals surface area (Å²) in [4.78, 5) is 24.2. The first-order valence-corrected chi connectivity index (χ1v) is 13.4. The normalized spacial score (nSPS) is 11.9. The minimum atomic E-state index is -0.557. The number of amidine groups is 1. The summed E-state index contributed by atoms with van der Waals surface area (Å²) in [6, 6.07) is 25.0. The van der Waals surface area contributed by atoms with Crippen molar-refractivity contribution < 1.29 is 14.3 Å². The van der Waals surface area contributed by atoms with Crippen molar-refractivity contribution in [3.05, 3.63) is 107 Å². The fraction of sp³-hybridized carbons (Fsp3) is 0.281. The number of aldehydes is 1. The average molecular weight is 527 g/mol. The molecule has 0 aliphatic rings. The molecule has 1 unspecified atom stereocenters. The van der Waals surface area contributed by atoms with Crippen LogP contribution in [0.3, 0.4) is 0 Å². The van der Waals surface area contributed by atoms with Crippen LogP contribution in [0.4, 0.5) is 0 Å². The van der Waals surface area contributed by atoms with Gasteiger partial charge in [0, 0.05) is 18.7 Å². The van der Waals surface area contributed by atoms with Crippen LogP contribution in [0.5, 0.6) is 5.75 Å². The number of nitrogens with one attached hydrogen (secondary N) is 3. The topological polar surface area (TPSA) is 117 Å². The number of amides is 1. The van der Waals surface area contributed by atoms with Crippen LogP contribution >= 0.6 is 0 Å². The molecule has 0 aliphatic heterocycles. The molecular weight excluding hydrogens is 488 g/mol. The number of nitrogen functional groups attached to an aromatic ring is 1. The summed E-state index contributed by atoms with van der Waals surface area (Å²) < 4.78 is 5.42. The van der Waals surface area contributed by atoms with E-state index >= 15 is 0 Å². The third-order valence-corrected chi connectivity index (χ3v) is 6.25. The molecule has 0 saturated heterocycles. The molecule has 7 nitrogen and oxygen atoms in total. The van der Waals surface area contributed by atoms with E-state index in [1.165, 1.54) is 5.56 Å². The molecule has 3 aromatic carbocycles. The number of unbranched alkanes of at least 4 members (excludes halogenated alkanes) is 1. The van der Waals surface area contributed by atoms with E-state index in [4.69, 9.17) is 15.9 Å². The Hall–Kier alpha value is -4.39. The Labute approximate surface area is 231 Å². The lowest BCUT2D eigenvalue weighted by Crippen LogP contribution is -2.45. The van der Waals surface area contributed by atoms with Crippen molar-refractivity contribution >= 4 is 23.7 Å². The van der Waals surface area contributed by atoms with Gasteiger partial charge in [-0.25, -0.2) is 0 Å². The first-order valence-electron chi connectivity index (χ1n) is 13.4. The molecule has 0 radical (unpaired) electrons. The van der Waals surface area contributed by atoms with Crippen molar-refractivity contribution in [1.29, 1.82) is 5.41 Å². The Morgan fingerprint density at radius 2 is 1.72 bits per heavy atom. The van der Waals surface area contributed by atoms with Gasteiger partial charge in [-0.2, -0.15) is 0 Å². The lowest BCUT2D eigenvalue weighted by atomic mass is 10.00. The zero-order chi connectivity index (χ0) is 27.9. The smallest absolute Gasteiger partial charge is 0.242 e. The maximum absolute atomic E-state index is 13.4. The summed E-state index contributed by atoms with van der Waals surface area (Å²) >= 11 is 0. The van der Waals surface area contributed by atoms with E-state index in [1.807, 2.05) is 54.6 Å². The van der Waals surface area contributed by atoms with Crippen molar-refractivity contribution in [2.45, 2.75) is 45.1 Å².